The summed E-state index contributed by atoms with van der Waals surface area (Å²) in [6.07, 6.45) is 3.76. The molecule has 0 radical (unpaired) electrons. The molecule has 0 fully saturated rings. The summed E-state index contributed by atoms with van der Waals surface area (Å²) in [6.45, 7) is 3.59. The van der Waals surface area contributed by atoms with Crippen molar-refractivity contribution >= 4 is 22.9 Å². The Morgan fingerprint density at radius 3 is 3.05 bits per heavy atom. The lowest BCUT2D eigenvalue weighted by atomic mass is 10.3. The van der Waals surface area contributed by atoms with Gasteiger partial charge in [0.05, 0.1) is 5.52 Å². The summed E-state index contributed by atoms with van der Waals surface area (Å²) in [5, 5.41) is 0.980. The number of oxazole rings is 1. The quantitative estimate of drug-likeness (QED) is 0.677. The van der Waals surface area contributed by atoms with E-state index in [1.807, 2.05) is 30.5 Å². The van der Waals surface area contributed by atoms with E-state index in [9.17, 15) is 4.79 Å². The summed E-state index contributed by atoms with van der Waals surface area (Å²) in [4.78, 5) is 16.1. The lowest BCUT2D eigenvalue weighted by Crippen LogP contribution is -2.15. The van der Waals surface area contributed by atoms with E-state index in [-0.39, 0.29) is 5.76 Å². The summed E-state index contributed by atoms with van der Waals surface area (Å²) in [5.41, 5.74) is 1.48. The van der Waals surface area contributed by atoms with Crippen LogP contribution >= 0.6 is 11.8 Å². The van der Waals surface area contributed by atoms with Gasteiger partial charge in [-0.1, -0.05) is 23.9 Å². The van der Waals surface area contributed by atoms with Crippen LogP contribution in [0.25, 0.3) is 11.1 Å². The maximum Gasteiger partial charge on any atom is 0.419 e. The third-order valence-corrected chi connectivity index (χ3v) is 4.12. The Morgan fingerprint density at radius 2 is 2.20 bits per heavy atom. The van der Waals surface area contributed by atoms with Crippen LogP contribution in [0.3, 0.4) is 0 Å². The van der Waals surface area contributed by atoms with Crippen LogP contribution in [0.15, 0.2) is 51.0 Å². The van der Waals surface area contributed by atoms with E-state index in [0.717, 1.165) is 23.0 Å². The Kier molecular flexibility index (Phi) is 3.64. The first-order chi connectivity index (χ1) is 9.79. The van der Waals surface area contributed by atoms with E-state index in [2.05, 4.69) is 16.5 Å². The van der Waals surface area contributed by atoms with Gasteiger partial charge in [0.25, 0.3) is 0 Å². The maximum atomic E-state index is 11.8. The molecule has 0 spiro atoms. The summed E-state index contributed by atoms with van der Waals surface area (Å²) in [7, 11) is 0. The lowest BCUT2D eigenvalue weighted by molar-refractivity contribution is 0.514. The molecule has 0 bridgehead atoms. The minimum atomic E-state index is -0.300. The summed E-state index contributed by atoms with van der Waals surface area (Å²) in [5.74, 6) is 0.478. The van der Waals surface area contributed by atoms with Crippen molar-refractivity contribution in [1.29, 1.82) is 0 Å². The average molecular weight is 289 g/mol. The van der Waals surface area contributed by atoms with Gasteiger partial charge < -0.3 is 8.98 Å². The molecule has 0 aliphatic heterocycles. The molecule has 20 heavy (non-hydrogen) atoms. The van der Waals surface area contributed by atoms with Crippen LogP contribution in [-0.4, -0.2) is 19.9 Å². The smallest absolute Gasteiger partial charge is 0.408 e. The molecule has 6 heteroatoms. The number of hydrogen-bond acceptors (Lipinski definition) is 4. The van der Waals surface area contributed by atoms with Gasteiger partial charge in [-0.15, -0.1) is 0 Å². The molecule has 1 aromatic carbocycles. The number of imidazole rings is 1. The molecule has 3 aromatic rings. The molecule has 3 rings (SSSR count). The number of aromatic nitrogens is 3. The highest BCUT2D eigenvalue weighted by Crippen LogP contribution is 2.17. The van der Waals surface area contributed by atoms with Crippen molar-refractivity contribution in [3.63, 3.8) is 0 Å². The number of rotatable bonds is 5. The Bertz CT molecular complexity index is 772. The first kappa shape index (κ1) is 13.1. The first-order valence-electron chi connectivity index (χ1n) is 6.52. The molecule has 0 atom stereocenters. The van der Waals surface area contributed by atoms with Crippen LogP contribution in [-0.2, 0) is 13.1 Å². The van der Waals surface area contributed by atoms with Gasteiger partial charge in [0.2, 0.25) is 0 Å². The number of benzene rings is 1. The SMILES string of the molecule is CCn1ccnc1SCCn1c(=O)oc2ccccc21. The number of hydrogen-bond donors (Lipinski definition) is 0. The second-order valence-electron chi connectivity index (χ2n) is 4.33. The van der Waals surface area contributed by atoms with Gasteiger partial charge in [-0.25, -0.2) is 9.78 Å². The molecular formula is C14H15N3O2S. The summed E-state index contributed by atoms with van der Waals surface area (Å²) < 4.78 is 8.96. The lowest BCUT2D eigenvalue weighted by Gasteiger charge is -2.04. The fourth-order valence-corrected chi connectivity index (χ4v) is 3.08. The van der Waals surface area contributed by atoms with Gasteiger partial charge >= 0.3 is 5.76 Å². The van der Waals surface area contributed by atoms with E-state index in [1.165, 1.54) is 0 Å². The van der Waals surface area contributed by atoms with Crippen LogP contribution < -0.4 is 5.76 Å². The van der Waals surface area contributed by atoms with Crippen molar-refractivity contribution in [2.45, 2.75) is 25.2 Å². The molecule has 104 valence electrons. The number of nitrogens with zero attached hydrogens (tertiary/aromatic N) is 3. The topological polar surface area (TPSA) is 53.0 Å². The highest BCUT2D eigenvalue weighted by Gasteiger charge is 2.09. The van der Waals surface area contributed by atoms with E-state index < -0.39 is 0 Å². The molecule has 0 aliphatic rings. The molecule has 0 saturated carbocycles. The van der Waals surface area contributed by atoms with E-state index >= 15 is 0 Å². The largest absolute Gasteiger partial charge is 0.419 e. The van der Waals surface area contributed by atoms with Crippen molar-refractivity contribution in [2.75, 3.05) is 5.75 Å². The van der Waals surface area contributed by atoms with Crippen molar-refractivity contribution in [3.8, 4) is 0 Å². The van der Waals surface area contributed by atoms with Crippen LogP contribution in [0, 0.1) is 0 Å². The molecule has 0 saturated heterocycles. The second kappa shape index (κ2) is 5.58. The van der Waals surface area contributed by atoms with Crippen molar-refractivity contribution < 1.29 is 4.42 Å². The number of thioether (sulfide) groups is 1. The highest BCUT2D eigenvalue weighted by molar-refractivity contribution is 7.99. The van der Waals surface area contributed by atoms with Crippen molar-refractivity contribution in [2.24, 2.45) is 0 Å². The van der Waals surface area contributed by atoms with Gasteiger partial charge in [-0.05, 0) is 19.1 Å². The van der Waals surface area contributed by atoms with Crippen LogP contribution in [0.2, 0.25) is 0 Å². The molecule has 0 N–H and O–H groups in total. The summed E-state index contributed by atoms with van der Waals surface area (Å²) >= 11 is 1.64. The molecular weight excluding hydrogens is 274 g/mol. The standard InChI is InChI=1S/C14H15N3O2S/c1-2-16-8-7-15-13(16)20-10-9-17-11-5-3-4-6-12(11)19-14(17)18/h3-8H,2,9-10H2,1H3. The molecule has 0 amide bonds. The monoisotopic (exact) mass is 289 g/mol. The zero-order valence-corrected chi connectivity index (χ0v) is 12.0. The fourth-order valence-electron chi connectivity index (χ4n) is 2.13. The van der Waals surface area contributed by atoms with Gasteiger partial charge in [-0.2, -0.15) is 0 Å². The number of aryl methyl sites for hydroxylation is 2. The molecule has 5 nitrogen and oxygen atoms in total. The Labute approximate surface area is 120 Å². The Morgan fingerprint density at radius 1 is 1.35 bits per heavy atom. The molecule has 2 heterocycles. The van der Waals surface area contributed by atoms with Crippen molar-refractivity contribution in [1.82, 2.24) is 14.1 Å². The van der Waals surface area contributed by atoms with Gasteiger partial charge in [0.1, 0.15) is 0 Å². The van der Waals surface area contributed by atoms with E-state index in [0.29, 0.717) is 12.1 Å². The number of fused-ring (bicyclic) bond motifs is 1. The predicted molar refractivity (Wildman–Crippen MR) is 79.1 cm³/mol. The zero-order chi connectivity index (χ0) is 13.9. The first-order valence-corrected chi connectivity index (χ1v) is 7.50. The van der Waals surface area contributed by atoms with Gasteiger partial charge in [-0.3, -0.25) is 4.57 Å². The zero-order valence-electron chi connectivity index (χ0n) is 11.2. The molecule has 0 unspecified atom stereocenters. The van der Waals surface area contributed by atoms with E-state index in [1.54, 1.807) is 22.5 Å². The average Bonchev–Trinajstić information content (AvgIpc) is 3.03. The fraction of sp³-hybridized carbons (Fsp3) is 0.286. The Hall–Kier alpha value is -1.95. The molecule has 2 aromatic heterocycles. The minimum absolute atomic E-state index is 0.300. The van der Waals surface area contributed by atoms with Crippen LogP contribution in [0.1, 0.15) is 6.92 Å². The third kappa shape index (κ3) is 2.38. The highest BCUT2D eigenvalue weighted by atomic mass is 32.2. The molecule has 0 aliphatic carbocycles. The van der Waals surface area contributed by atoms with Gasteiger partial charge in [0, 0.05) is 31.2 Å². The Balaban J connectivity index is 1.74. The van der Waals surface area contributed by atoms with Gasteiger partial charge in [0.15, 0.2) is 10.7 Å². The van der Waals surface area contributed by atoms with Crippen molar-refractivity contribution in [3.05, 3.63) is 47.2 Å². The van der Waals surface area contributed by atoms with Crippen LogP contribution in [0.4, 0.5) is 0 Å². The number of para-hydroxylation sites is 2. The normalized spacial score (nSPS) is 11.2. The predicted octanol–water partition coefficient (Wildman–Crippen LogP) is 2.60. The van der Waals surface area contributed by atoms with E-state index in [4.69, 9.17) is 4.42 Å². The summed E-state index contributed by atoms with van der Waals surface area (Å²) in [6, 6.07) is 7.48. The maximum absolute atomic E-state index is 11.8. The minimum Gasteiger partial charge on any atom is -0.408 e. The third-order valence-electron chi connectivity index (χ3n) is 3.14. The van der Waals surface area contributed by atoms with Crippen LogP contribution in [0.5, 0.6) is 0 Å². The second-order valence-corrected chi connectivity index (χ2v) is 5.39.